The van der Waals surface area contributed by atoms with E-state index >= 15 is 0 Å². The Labute approximate surface area is 191 Å². The van der Waals surface area contributed by atoms with Gasteiger partial charge in [-0.3, -0.25) is 25.6 Å². The first-order chi connectivity index (χ1) is 15.8. The minimum absolute atomic E-state index is 0.0150. The summed E-state index contributed by atoms with van der Waals surface area (Å²) in [4.78, 5) is 18.6. The largest absolute Gasteiger partial charge is 0.386 e. The highest BCUT2D eigenvalue weighted by atomic mass is 16.3. The fraction of sp³-hybridized carbons (Fsp3) is 0.292. The maximum Gasteiger partial charge on any atom is 0.291 e. The Bertz CT molecular complexity index is 1180. The molecule has 2 aromatic carbocycles. The molecule has 0 radical (unpaired) electrons. The zero-order chi connectivity index (χ0) is 23.6. The van der Waals surface area contributed by atoms with Crippen LogP contribution in [0.5, 0.6) is 0 Å². The van der Waals surface area contributed by atoms with Gasteiger partial charge in [-0.2, -0.15) is 0 Å². The Morgan fingerprint density at radius 2 is 2.06 bits per heavy atom. The number of aromatic amines is 1. The number of hydrogen-bond donors (Lipinski definition) is 5. The normalized spacial score (nSPS) is 16.2. The SMILES string of the molecule is CC(C)(O)c1ccc2c(c1)N(C=N)C(=N)C(NC(=O)c1n[nH]c(Cc3ccccc3)n1)CC2. The van der Waals surface area contributed by atoms with Crippen molar-refractivity contribution >= 4 is 23.8 Å². The van der Waals surface area contributed by atoms with Crippen LogP contribution in [-0.2, 0) is 18.4 Å². The van der Waals surface area contributed by atoms with Crippen LogP contribution in [0.4, 0.5) is 5.69 Å². The molecule has 0 saturated carbocycles. The average Bonchev–Trinajstić information content (AvgIpc) is 3.21. The van der Waals surface area contributed by atoms with Gasteiger partial charge < -0.3 is 10.4 Å². The second-order valence-electron chi connectivity index (χ2n) is 8.62. The predicted molar refractivity (Wildman–Crippen MR) is 126 cm³/mol. The first-order valence-corrected chi connectivity index (χ1v) is 10.8. The molecular formula is C24H27N7O2. The van der Waals surface area contributed by atoms with Gasteiger partial charge in [0.2, 0.25) is 5.82 Å². The minimum atomic E-state index is -1.05. The van der Waals surface area contributed by atoms with Crippen LogP contribution in [0, 0.1) is 10.8 Å². The maximum absolute atomic E-state index is 12.8. The first-order valence-electron chi connectivity index (χ1n) is 10.8. The molecule has 4 rings (SSSR count). The lowest BCUT2D eigenvalue weighted by Crippen LogP contribution is -2.47. The van der Waals surface area contributed by atoms with Gasteiger partial charge in [-0.05, 0) is 49.4 Å². The van der Waals surface area contributed by atoms with Crippen molar-refractivity contribution in [3.8, 4) is 0 Å². The lowest BCUT2D eigenvalue weighted by atomic mass is 9.95. The molecule has 5 N–H and O–H groups in total. The number of H-pyrrole nitrogens is 1. The molecule has 9 nitrogen and oxygen atoms in total. The summed E-state index contributed by atoms with van der Waals surface area (Å²) in [5.74, 6) is 0.189. The van der Waals surface area contributed by atoms with E-state index in [9.17, 15) is 9.90 Å². The van der Waals surface area contributed by atoms with Gasteiger partial charge in [-0.25, -0.2) is 4.98 Å². The van der Waals surface area contributed by atoms with Crippen molar-refractivity contribution in [3.05, 3.63) is 76.9 Å². The van der Waals surface area contributed by atoms with Crippen molar-refractivity contribution < 1.29 is 9.90 Å². The van der Waals surface area contributed by atoms with Crippen LogP contribution in [0.15, 0.2) is 48.5 Å². The van der Waals surface area contributed by atoms with E-state index in [2.05, 4.69) is 20.5 Å². The fourth-order valence-electron chi connectivity index (χ4n) is 3.88. The lowest BCUT2D eigenvalue weighted by Gasteiger charge is -2.26. The second kappa shape index (κ2) is 8.95. The predicted octanol–water partition coefficient (Wildman–Crippen LogP) is 2.76. The third-order valence-corrected chi connectivity index (χ3v) is 5.73. The molecule has 0 fully saturated rings. The van der Waals surface area contributed by atoms with Crippen molar-refractivity contribution in [2.45, 2.75) is 44.8 Å². The number of carbonyl (C=O) groups excluding carboxylic acids is 1. The minimum Gasteiger partial charge on any atom is -0.386 e. The summed E-state index contributed by atoms with van der Waals surface area (Å²) in [5.41, 5.74) is 2.30. The Morgan fingerprint density at radius 3 is 2.76 bits per heavy atom. The summed E-state index contributed by atoms with van der Waals surface area (Å²) in [6.45, 7) is 3.38. The number of hydrogen-bond acceptors (Lipinski definition) is 6. The topological polar surface area (TPSA) is 142 Å². The number of aliphatic hydroxyl groups is 1. The standard InChI is InChI=1S/C24H27N7O2/c1-24(2,33)17-10-8-16-9-11-18(21(26)31(14-25)19(16)13-17)27-23(32)22-28-20(29-30-22)12-15-6-4-3-5-7-15/h3-8,10,13-14,18,25-26,33H,9,11-12H2,1-2H3,(H,27,32)(H,28,29,30). The monoisotopic (exact) mass is 445 g/mol. The first kappa shape index (κ1) is 22.3. The molecule has 0 aliphatic carbocycles. The van der Waals surface area contributed by atoms with Gasteiger partial charge in [0.15, 0.2) is 0 Å². The van der Waals surface area contributed by atoms with E-state index in [4.69, 9.17) is 10.8 Å². The maximum atomic E-state index is 12.8. The van der Waals surface area contributed by atoms with Crippen molar-refractivity contribution in [2.24, 2.45) is 0 Å². The summed E-state index contributed by atoms with van der Waals surface area (Å²) in [6, 6.07) is 14.7. The van der Waals surface area contributed by atoms with E-state index < -0.39 is 17.6 Å². The van der Waals surface area contributed by atoms with Crippen LogP contribution in [0.1, 0.15) is 53.4 Å². The van der Waals surface area contributed by atoms with Gasteiger partial charge >= 0.3 is 0 Å². The van der Waals surface area contributed by atoms with Crippen molar-refractivity contribution in [3.63, 3.8) is 0 Å². The summed E-state index contributed by atoms with van der Waals surface area (Å²) >= 11 is 0. The highest BCUT2D eigenvalue weighted by molar-refractivity contribution is 6.13. The number of nitrogens with one attached hydrogen (secondary N) is 4. The number of aryl methyl sites for hydroxylation is 1. The number of amides is 1. The average molecular weight is 446 g/mol. The molecule has 1 aliphatic heterocycles. The van der Waals surface area contributed by atoms with E-state index in [0.717, 1.165) is 17.5 Å². The molecule has 0 bridgehead atoms. The quantitative estimate of drug-likeness (QED) is 0.293. The molecule has 3 aromatic rings. The van der Waals surface area contributed by atoms with Gasteiger partial charge in [0.1, 0.15) is 11.7 Å². The van der Waals surface area contributed by atoms with E-state index in [0.29, 0.717) is 36.3 Å². The number of aromatic nitrogens is 3. The molecule has 0 saturated heterocycles. The molecule has 2 heterocycles. The van der Waals surface area contributed by atoms with E-state index in [1.54, 1.807) is 19.9 Å². The van der Waals surface area contributed by atoms with Crippen molar-refractivity contribution in [2.75, 3.05) is 4.90 Å². The molecule has 9 heteroatoms. The van der Waals surface area contributed by atoms with Crippen LogP contribution in [-0.4, -0.2) is 44.4 Å². The zero-order valence-electron chi connectivity index (χ0n) is 18.6. The highest BCUT2D eigenvalue weighted by Crippen LogP contribution is 2.31. The number of anilines is 1. The Morgan fingerprint density at radius 1 is 1.30 bits per heavy atom. The molecule has 1 aromatic heterocycles. The fourth-order valence-corrected chi connectivity index (χ4v) is 3.88. The van der Waals surface area contributed by atoms with Gasteiger partial charge in [0.25, 0.3) is 5.91 Å². The second-order valence-corrected chi connectivity index (χ2v) is 8.62. The third-order valence-electron chi connectivity index (χ3n) is 5.73. The van der Waals surface area contributed by atoms with Crippen LogP contribution in [0.25, 0.3) is 0 Å². The van der Waals surface area contributed by atoms with Gasteiger partial charge in [-0.1, -0.05) is 42.5 Å². The highest BCUT2D eigenvalue weighted by Gasteiger charge is 2.30. The lowest BCUT2D eigenvalue weighted by molar-refractivity contribution is 0.0786. The zero-order valence-corrected chi connectivity index (χ0v) is 18.6. The van der Waals surface area contributed by atoms with Crippen molar-refractivity contribution in [1.29, 1.82) is 10.8 Å². The van der Waals surface area contributed by atoms with Gasteiger partial charge in [0.05, 0.1) is 23.7 Å². The van der Waals surface area contributed by atoms with Gasteiger partial charge in [-0.15, -0.1) is 5.10 Å². The Balaban J connectivity index is 1.50. The Hall–Kier alpha value is -3.85. The molecule has 170 valence electrons. The van der Waals surface area contributed by atoms with Crippen molar-refractivity contribution in [1.82, 2.24) is 20.5 Å². The van der Waals surface area contributed by atoms with E-state index in [1.807, 2.05) is 42.5 Å². The van der Waals surface area contributed by atoms with Crippen LogP contribution < -0.4 is 10.2 Å². The summed E-state index contributed by atoms with van der Waals surface area (Å²) in [7, 11) is 0. The smallest absolute Gasteiger partial charge is 0.291 e. The molecule has 1 aliphatic rings. The number of nitrogens with zero attached hydrogens (tertiary/aromatic N) is 3. The number of amidine groups is 1. The molecular weight excluding hydrogens is 418 g/mol. The molecule has 1 amide bonds. The van der Waals surface area contributed by atoms with E-state index in [-0.39, 0.29) is 11.7 Å². The summed E-state index contributed by atoms with van der Waals surface area (Å²) in [5, 5.41) is 36.6. The molecule has 1 unspecified atom stereocenters. The number of carbonyl (C=O) groups is 1. The number of fused-ring (bicyclic) bond motifs is 1. The third kappa shape index (κ3) is 4.83. The molecule has 0 spiro atoms. The number of rotatable bonds is 6. The van der Waals surface area contributed by atoms with Crippen LogP contribution >= 0.6 is 0 Å². The van der Waals surface area contributed by atoms with Gasteiger partial charge in [0, 0.05) is 6.42 Å². The number of benzene rings is 2. The van der Waals surface area contributed by atoms with Crippen LogP contribution in [0.2, 0.25) is 0 Å². The molecule has 1 atom stereocenters. The van der Waals surface area contributed by atoms with E-state index in [1.165, 1.54) is 4.90 Å². The summed E-state index contributed by atoms with van der Waals surface area (Å²) in [6.07, 6.45) is 2.68. The van der Waals surface area contributed by atoms with Crippen LogP contribution in [0.3, 0.4) is 0 Å². The summed E-state index contributed by atoms with van der Waals surface area (Å²) < 4.78 is 0. The molecule has 33 heavy (non-hydrogen) atoms. The Kier molecular flexibility index (Phi) is 6.06.